The highest BCUT2D eigenvalue weighted by Gasteiger charge is 2.53. The van der Waals surface area contributed by atoms with Crippen molar-refractivity contribution in [2.24, 2.45) is 0 Å². The minimum Gasteiger partial charge on any atom is -0.394 e. The Balaban J connectivity index is 1.38. The first-order valence-electron chi connectivity index (χ1n) is 35.4. The summed E-state index contributed by atoms with van der Waals surface area (Å²) in [5.41, 5.74) is 0. The molecule has 3 heterocycles. The van der Waals surface area contributed by atoms with E-state index in [1.165, 1.54) is 32.1 Å². The molecule has 3 aliphatic rings. The predicted octanol–water partition coefficient (Wildman–Crippen LogP) is 9.88. The highest BCUT2D eigenvalue weighted by molar-refractivity contribution is 5.76. The summed E-state index contributed by atoms with van der Waals surface area (Å²) >= 11 is 0. The third-order valence-electron chi connectivity index (χ3n) is 16.2. The number of allylic oxidation sites excluding steroid dienone is 27. The first kappa shape index (κ1) is 85.4. The van der Waals surface area contributed by atoms with Crippen molar-refractivity contribution in [1.82, 2.24) is 5.32 Å². The lowest BCUT2D eigenvalue weighted by Crippen LogP contribution is -2.66. The van der Waals surface area contributed by atoms with Crippen LogP contribution in [0.1, 0.15) is 174 Å². The molecule has 96 heavy (non-hydrogen) atoms. The molecule has 17 atom stereocenters. The standard InChI is InChI=1S/C77H121NO18/c1-3-5-7-9-11-13-15-17-18-19-20-21-22-23-24-25-26-27-28-29-30-31-32-33-34-35-36-37-38-39-40-41-42-43-45-47-49-51-53-55-65(83)78-60(61(82)54-52-50-48-46-44-16-14-12-10-8-6-4-2)59-91-75-71(89)68(86)73(63(57-80)93-75)96-77-72(90)69(87)74(64(58-81)94-77)95-76-70(88)67(85)66(84)62(56-79)92-76/h5,7,11,13,17-18,20-21,23-24,26-27,29-30,32-33,35-36,38-39,41-42,44-47,52,54,60-64,66-77,79-82,84-90H,3-4,6,8-10,12,14-16,19,22,25,28,31,34,37,40,43,48-51,53,55-59H2,1-2H3,(H,78,83)/b7-5-,13-11-,18-17-,21-20-,24-23-,27-26-,30-29-,33-32-,36-35-,39-38-,42-41-,46-44+,47-45-,54-52+. The lowest BCUT2D eigenvalue weighted by molar-refractivity contribution is -0.379. The molecule has 0 aromatic rings. The fourth-order valence-corrected chi connectivity index (χ4v) is 10.5. The Morgan fingerprint density at radius 1 is 0.385 bits per heavy atom. The van der Waals surface area contributed by atoms with Gasteiger partial charge in [0.2, 0.25) is 5.91 Å². The fourth-order valence-electron chi connectivity index (χ4n) is 10.5. The molecule has 0 bridgehead atoms. The van der Waals surface area contributed by atoms with E-state index in [1.54, 1.807) is 6.08 Å². The summed E-state index contributed by atoms with van der Waals surface area (Å²) in [6.07, 6.45) is 56.4. The van der Waals surface area contributed by atoms with Crippen LogP contribution in [0.3, 0.4) is 0 Å². The third kappa shape index (κ3) is 36.8. The van der Waals surface area contributed by atoms with Gasteiger partial charge in [-0.1, -0.05) is 216 Å². The molecule has 19 heteroatoms. The van der Waals surface area contributed by atoms with Crippen molar-refractivity contribution in [1.29, 1.82) is 0 Å². The van der Waals surface area contributed by atoms with Gasteiger partial charge in [0.15, 0.2) is 18.9 Å². The van der Waals surface area contributed by atoms with E-state index in [0.717, 1.165) is 109 Å². The average molecular weight is 1350 g/mol. The summed E-state index contributed by atoms with van der Waals surface area (Å²) in [6, 6.07) is -1.03. The smallest absolute Gasteiger partial charge is 0.220 e. The number of aliphatic hydroxyl groups excluding tert-OH is 11. The number of carbonyl (C=O) groups is 1. The number of carbonyl (C=O) groups excluding carboxylic acids is 1. The number of aliphatic hydroxyl groups is 11. The van der Waals surface area contributed by atoms with Gasteiger partial charge >= 0.3 is 0 Å². The number of rotatable bonds is 51. The Morgan fingerprint density at radius 2 is 0.729 bits per heavy atom. The fraction of sp³-hybridized carbons (Fsp3) is 0.623. The van der Waals surface area contributed by atoms with E-state index in [9.17, 15) is 61.0 Å². The van der Waals surface area contributed by atoms with Crippen LogP contribution in [0.2, 0.25) is 0 Å². The first-order valence-corrected chi connectivity index (χ1v) is 35.4. The molecule has 0 aromatic carbocycles. The Hall–Kier alpha value is -4.85. The Labute approximate surface area is 573 Å². The molecule has 12 N–H and O–H groups in total. The molecule has 0 radical (unpaired) electrons. The molecule has 3 fully saturated rings. The third-order valence-corrected chi connectivity index (χ3v) is 16.2. The van der Waals surface area contributed by atoms with Gasteiger partial charge in [0.25, 0.3) is 0 Å². The largest absolute Gasteiger partial charge is 0.394 e. The van der Waals surface area contributed by atoms with Gasteiger partial charge in [0.1, 0.15) is 73.2 Å². The van der Waals surface area contributed by atoms with Gasteiger partial charge in [0.05, 0.1) is 38.6 Å². The number of hydrogen-bond donors (Lipinski definition) is 12. The van der Waals surface area contributed by atoms with Crippen LogP contribution in [0.15, 0.2) is 170 Å². The van der Waals surface area contributed by atoms with Crippen molar-refractivity contribution in [3.63, 3.8) is 0 Å². The molecule has 0 aromatic heterocycles. The van der Waals surface area contributed by atoms with Crippen LogP contribution in [-0.4, -0.2) is 193 Å². The van der Waals surface area contributed by atoms with Gasteiger partial charge in [-0.3, -0.25) is 4.79 Å². The van der Waals surface area contributed by atoms with Crippen LogP contribution < -0.4 is 5.32 Å². The minimum absolute atomic E-state index is 0.168. The van der Waals surface area contributed by atoms with Crippen molar-refractivity contribution in [3.05, 3.63) is 170 Å². The lowest BCUT2D eigenvalue weighted by atomic mass is 9.96. The summed E-state index contributed by atoms with van der Waals surface area (Å²) in [7, 11) is 0. The van der Waals surface area contributed by atoms with Crippen molar-refractivity contribution >= 4 is 5.91 Å². The Kier molecular flexibility index (Phi) is 49.8. The van der Waals surface area contributed by atoms with Gasteiger partial charge in [-0.15, -0.1) is 0 Å². The summed E-state index contributed by atoms with van der Waals surface area (Å²) in [4.78, 5) is 13.4. The number of ether oxygens (including phenoxy) is 6. The summed E-state index contributed by atoms with van der Waals surface area (Å²) in [5.74, 6) is -0.338. The molecule has 0 saturated carbocycles. The Bertz CT molecular complexity index is 2400. The van der Waals surface area contributed by atoms with E-state index in [-0.39, 0.29) is 12.3 Å². The van der Waals surface area contributed by atoms with Crippen LogP contribution in [0, 0.1) is 0 Å². The molecule has 19 nitrogen and oxygen atoms in total. The van der Waals surface area contributed by atoms with Crippen molar-refractivity contribution in [3.8, 4) is 0 Å². The van der Waals surface area contributed by atoms with E-state index in [0.29, 0.717) is 12.8 Å². The maximum Gasteiger partial charge on any atom is 0.220 e. The minimum atomic E-state index is -1.99. The quantitative estimate of drug-likeness (QED) is 0.0199. The van der Waals surface area contributed by atoms with E-state index in [4.69, 9.17) is 28.4 Å². The normalized spacial score (nSPS) is 28.1. The molecule has 3 aliphatic heterocycles. The zero-order chi connectivity index (χ0) is 69.6. The van der Waals surface area contributed by atoms with Crippen LogP contribution in [0.5, 0.6) is 0 Å². The number of hydrogen-bond acceptors (Lipinski definition) is 18. The molecular weight excluding hydrogens is 1230 g/mol. The van der Waals surface area contributed by atoms with E-state index >= 15 is 0 Å². The van der Waals surface area contributed by atoms with E-state index < -0.39 is 131 Å². The number of unbranched alkanes of at least 4 members (excludes halogenated alkanes) is 9. The maximum atomic E-state index is 13.4. The highest BCUT2D eigenvalue weighted by atomic mass is 16.8. The maximum absolute atomic E-state index is 13.4. The van der Waals surface area contributed by atoms with Crippen LogP contribution in [-0.2, 0) is 33.2 Å². The summed E-state index contributed by atoms with van der Waals surface area (Å²) < 4.78 is 34.2. The average Bonchev–Trinajstić information content (AvgIpc) is 0.787. The summed E-state index contributed by atoms with van der Waals surface area (Å²) in [6.45, 7) is 1.50. The van der Waals surface area contributed by atoms with Crippen LogP contribution in [0.4, 0.5) is 0 Å². The molecule has 3 saturated heterocycles. The zero-order valence-electron chi connectivity index (χ0n) is 57.3. The molecule has 0 spiro atoms. The van der Waals surface area contributed by atoms with Crippen molar-refractivity contribution in [2.75, 3.05) is 26.4 Å². The monoisotopic (exact) mass is 1350 g/mol. The molecular formula is C77H121NO18. The predicted molar refractivity (Wildman–Crippen MR) is 378 cm³/mol. The van der Waals surface area contributed by atoms with E-state index in [2.05, 4.69) is 177 Å². The van der Waals surface area contributed by atoms with Gasteiger partial charge in [-0.2, -0.15) is 0 Å². The Morgan fingerprint density at radius 3 is 1.17 bits per heavy atom. The highest BCUT2D eigenvalue weighted by Crippen LogP contribution is 2.33. The van der Waals surface area contributed by atoms with Crippen molar-refractivity contribution < 1.29 is 89.4 Å². The molecule has 0 aliphatic carbocycles. The van der Waals surface area contributed by atoms with E-state index in [1.807, 2.05) is 6.08 Å². The number of nitrogens with one attached hydrogen (secondary N) is 1. The SMILES string of the molecule is CC/C=C\C/C=C\C/C=C\C/C=C\C/C=C\C/C=C\C/C=C\C/C=C\C/C=C\C/C=C\C/C=C\C/C=C\CCCCC(=O)NC(COC1OC(CO)C(OC2OC(CO)C(OC3OC(CO)C(O)C(O)C3O)C(O)C2O)C(O)C1O)C(O)/C=C/CC/C=C/CCCCCCCC. The van der Waals surface area contributed by atoms with Crippen molar-refractivity contribution in [2.45, 2.75) is 279 Å². The second-order valence-corrected chi connectivity index (χ2v) is 24.2. The lowest BCUT2D eigenvalue weighted by Gasteiger charge is -2.48. The topological polar surface area (TPSA) is 307 Å². The summed E-state index contributed by atoms with van der Waals surface area (Å²) in [5, 5.41) is 120. The molecule has 17 unspecified atom stereocenters. The number of amides is 1. The van der Waals surface area contributed by atoms with Gasteiger partial charge in [-0.25, -0.2) is 0 Å². The van der Waals surface area contributed by atoms with Crippen LogP contribution in [0.25, 0.3) is 0 Å². The zero-order valence-corrected chi connectivity index (χ0v) is 57.3. The molecule has 1 amide bonds. The molecule has 542 valence electrons. The van der Waals surface area contributed by atoms with Gasteiger partial charge < -0.3 is 89.9 Å². The van der Waals surface area contributed by atoms with Gasteiger partial charge in [0, 0.05) is 6.42 Å². The van der Waals surface area contributed by atoms with Gasteiger partial charge in [-0.05, 0) is 122 Å². The molecule has 3 rings (SSSR count). The first-order chi connectivity index (χ1) is 46.8. The van der Waals surface area contributed by atoms with Crippen LogP contribution >= 0.6 is 0 Å². The second kappa shape index (κ2) is 56.0. The second-order valence-electron chi connectivity index (χ2n) is 24.2.